The molecule has 2 aromatic carbocycles. The number of nitrogens with zero attached hydrogens (tertiary/aromatic N) is 1. The second-order valence-electron chi connectivity index (χ2n) is 6.68. The summed E-state index contributed by atoms with van der Waals surface area (Å²) in [4.78, 5) is 14.0. The van der Waals surface area contributed by atoms with Gasteiger partial charge in [-0.15, -0.1) is 0 Å². The first-order valence-corrected chi connectivity index (χ1v) is 8.69. The zero-order valence-electron chi connectivity index (χ0n) is 15.0. The summed E-state index contributed by atoms with van der Waals surface area (Å²) in [6, 6.07) is 12.9. The highest BCUT2D eigenvalue weighted by atomic mass is 19.1. The molecule has 4 heteroatoms. The molecule has 0 amide bonds. The molecule has 0 bridgehead atoms. The molecule has 1 aliphatic carbocycles. The molecule has 0 unspecified atom stereocenters. The van der Waals surface area contributed by atoms with Gasteiger partial charge in [0.2, 0.25) is 0 Å². The lowest BCUT2D eigenvalue weighted by atomic mass is 10.0. The van der Waals surface area contributed by atoms with Gasteiger partial charge in [0, 0.05) is 35.3 Å². The molecule has 0 aromatic heterocycles. The van der Waals surface area contributed by atoms with Crippen LogP contribution in [0.2, 0.25) is 0 Å². The fourth-order valence-corrected chi connectivity index (χ4v) is 3.30. The summed E-state index contributed by atoms with van der Waals surface area (Å²) >= 11 is 0. The number of ether oxygens (including phenoxy) is 1. The van der Waals surface area contributed by atoms with Gasteiger partial charge in [-0.3, -0.25) is 9.69 Å². The zero-order chi connectivity index (χ0) is 18.0. The van der Waals surface area contributed by atoms with Crippen LogP contribution < -0.4 is 4.74 Å². The van der Waals surface area contributed by atoms with Gasteiger partial charge in [-0.05, 0) is 51.0 Å². The van der Waals surface area contributed by atoms with Crippen LogP contribution in [0.15, 0.2) is 42.5 Å². The number of methoxy groups -OCH3 is 1. The van der Waals surface area contributed by atoms with E-state index >= 15 is 0 Å². The van der Waals surface area contributed by atoms with Crippen molar-refractivity contribution in [1.29, 1.82) is 0 Å². The van der Waals surface area contributed by atoms with Crippen molar-refractivity contribution in [2.75, 3.05) is 7.11 Å². The van der Waals surface area contributed by atoms with E-state index in [1.165, 1.54) is 6.07 Å². The number of hydrogen-bond donors (Lipinski definition) is 0. The van der Waals surface area contributed by atoms with Crippen LogP contribution >= 0.6 is 0 Å². The topological polar surface area (TPSA) is 29.5 Å². The van der Waals surface area contributed by atoms with E-state index in [9.17, 15) is 9.18 Å². The Labute approximate surface area is 148 Å². The first-order valence-electron chi connectivity index (χ1n) is 8.69. The monoisotopic (exact) mass is 341 g/mol. The number of rotatable bonds is 7. The predicted molar refractivity (Wildman–Crippen MR) is 96.4 cm³/mol. The molecule has 0 saturated heterocycles. The normalized spacial score (nSPS) is 15.2. The van der Waals surface area contributed by atoms with E-state index < -0.39 is 0 Å². The molecule has 1 aliphatic rings. The van der Waals surface area contributed by atoms with Crippen LogP contribution in [0.1, 0.15) is 54.2 Å². The van der Waals surface area contributed by atoms with E-state index in [1.54, 1.807) is 26.2 Å². The van der Waals surface area contributed by atoms with Gasteiger partial charge in [-0.2, -0.15) is 0 Å². The number of halogens is 1. The van der Waals surface area contributed by atoms with Crippen LogP contribution in [0.3, 0.4) is 0 Å². The maximum Gasteiger partial charge on any atom is 0.159 e. The van der Waals surface area contributed by atoms with Crippen molar-refractivity contribution >= 4 is 5.78 Å². The standard InChI is InChI=1S/C21H24FNO2/c1-14(19-6-4-5-7-20(19)22)23(18-9-10-18)13-17-12-16(15(2)24)8-11-21(17)25-3/h4-8,11-12,14,18H,9-10,13H2,1-3H3/t14-/m1/s1. The van der Waals surface area contributed by atoms with Gasteiger partial charge >= 0.3 is 0 Å². The Bertz CT molecular complexity index is 770. The van der Waals surface area contributed by atoms with Crippen LogP contribution in [0.5, 0.6) is 5.75 Å². The van der Waals surface area contributed by atoms with Gasteiger partial charge in [0.25, 0.3) is 0 Å². The number of Topliss-reactive ketones (excluding diaryl/α,β-unsaturated/α-hetero) is 1. The SMILES string of the molecule is COc1ccc(C(C)=O)cc1CN(C1CC1)[C@H](C)c1ccccc1F. The van der Waals surface area contributed by atoms with E-state index in [2.05, 4.69) is 4.90 Å². The van der Waals surface area contributed by atoms with Gasteiger partial charge in [-0.1, -0.05) is 18.2 Å². The first kappa shape index (κ1) is 17.6. The van der Waals surface area contributed by atoms with Crippen LogP contribution in [0.4, 0.5) is 4.39 Å². The lowest BCUT2D eigenvalue weighted by molar-refractivity contribution is 0.101. The molecule has 25 heavy (non-hydrogen) atoms. The Morgan fingerprint density at radius 2 is 2.00 bits per heavy atom. The van der Waals surface area contributed by atoms with Crippen molar-refractivity contribution in [2.24, 2.45) is 0 Å². The number of carbonyl (C=O) groups excluding carboxylic acids is 1. The van der Waals surface area contributed by atoms with Gasteiger partial charge in [0.1, 0.15) is 11.6 Å². The van der Waals surface area contributed by atoms with Crippen LogP contribution in [0.25, 0.3) is 0 Å². The predicted octanol–water partition coefficient (Wildman–Crippen LogP) is 4.76. The quantitative estimate of drug-likeness (QED) is 0.680. The van der Waals surface area contributed by atoms with Crippen molar-refractivity contribution in [3.8, 4) is 5.75 Å². The summed E-state index contributed by atoms with van der Waals surface area (Å²) in [5.74, 6) is 0.616. The molecule has 132 valence electrons. The van der Waals surface area contributed by atoms with Gasteiger partial charge in [0.05, 0.1) is 7.11 Å². The lowest BCUT2D eigenvalue weighted by Gasteiger charge is -2.30. The second kappa shape index (κ2) is 7.36. The van der Waals surface area contributed by atoms with E-state index in [-0.39, 0.29) is 17.6 Å². The minimum Gasteiger partial charge on any atom is -0.496 e. The van der Waals surface area contributed by atoms with Crippen molar-refractivity contribution in [3.63, 3.8) is 0 Å². The van der Waals surface area contributed by atoms with Crippen molar-refractivity contribution < 1.29 is 13.9 Å². The summed E-state index contributed by atoms with van der Waals surface area (Å²) in [6.07, 6.45) is 2.24. The highest BCUT2D eigenvalue weighted by molar-refractivity contribution is 5.94. The fraction of sp³-hybridized carbons (Fsp3) is 0.381. The largest absolute Gasteiger partial charge is 0.496 e. The molecular weight excluding hydrogens is 317 g/mol. The van der Waals surface area contributed by atoms with E-state index in [0.717, 1.165) is 24.2 Å². The summed E-state index contributed by atoms with van der Waals surface area (Å²) in [7, 11) is 1.63. The molecule has 1 saturated carbocycles. The second-order valence-corrected chi connectivity index (χ2v) is 6.68. The van der Waals surface area contributed by atoms with Gasteiger partial charge < -0.3 is 4.74 Å². The minimum atomic E-state index is -0.176. The third-order valence-electron chi connectivity index (χ3n) is 4.91. The average Bonchev–Trinajstić information content (AvgIpc) is 3.44. The highest BCUT2D eigenvalue weighted by Crippen LogP contribution is 2.37. The van der Waals surface area contributed by atoms with Gasteiger partial charge in [0.15, 0.2) is 5.78 Å². The Balaban J connectivity index is 1.91. The summed E-state index contributed by atoms with van der Waals surface area (Å²) in [6.45, 7) is 4.23. The van der Waals surface area contributed by atoms with E-state index in [0.29, 0.717) is 23.7 Å². The van der Waals surface area contributed by atoms with Crippen LogP contribution in [-0.2, 0) is 6.54 Å². The Morgan fingerprint density at radius 3 is 2.60 bits per heavy atom. The third kappa shape index (κ3) is 3.90. The van der Waals surface area contributed by atoms with Crippen LogP contribution in [0, 0.1) is 5.82 Å². The van der Waals surface area contributed by atoms with Crippen LogP contribution in [-0.4, -0.2) is 23.8 Å². The zero-order valence-corrected chi connectivity index (χ0v) is 15.0. The number of carbonyl (C=O) groups is 1. The molecule has 3 nitrogen and oxygen atoms in total. The molecular formula is C21H24FNO2. The average molecular weight is 341 g/mol. The maximum atomic E-state index is 14.2. The molecule has 1 fully saturated rings. The molecule has 0 spiro atoms. The molecule has 2 aromatic rings. The molecule has 1 atom stereocenters. The van der Waals surface area contributed by atoms with Crippen molar-refractivity contribution in [3.05, 3.63) is 65.0 Å². The van der Waals surface area contributed by atoms with Crippen molar-refractivity contribution in [1.82, 2.24) is 4.90 Å². The molecule has 0 aliphatic heterocycles. The Kier molecular flexibility index (Phi) is 5.19. The molecule has 0 radical (unpaired) electrons. The molecule has 0 heterocycles. The smallest absolute Gasteiger partial charge is 0.159 e. The number of ketones is 1. The molecule has 0 N–H and O–H groups in total. The Morgan fingerprint density at radius 1 is 1.28 bits per heavy atom. The molecule has 3 rings (SSSR count). The third-order valence-corrected chi connectivity index (χ3v) is 4.91. The lowest BCUT2D eigenvalue weighted by Crippen LogP contribution is -2.29. The summed E-state index contributed by atoms with van der Waals surface area (Å²) in [5.41, 5.74) is 2.34. The van der Waals surface area contributed by atoms with E-state index in [1.807, 2.05) is 31.2 Å². The number of hydrogen-bond acceptors (Lipinski definition) is 3. The number of benzene rings is 2. The first-order chi connectivity index (χ1) is 12.0. The minimum absolute atomic E-state index is 0.0315. The summed E-state index contributed by atoms with van der Waals surface area (Å²) in [5, 5.41) is 0. The Hall–Kier alpha value is -2.20. The van der Waals surface area contributed by atoms with Gasteiger partial charge in [-0.25, -0.2) is 4.39 Å². The maximum absolute atomic E-state index is 14.2. The van der Waals surface area contributed by atoms with Crippen molar-refractivity contribution in [2.45, 2.75) is 45.3 Å². The highest BCUT2D eigenvalue weighted by Gasteiger charge is 2.34. The van der Waals surface area contributed by atoms with E-state index in [4.69, 9.17) is 4.74 Å². The summed E-state index contributed by atoms with van der Waals surface area (Å²) < 4.78 is 19.7. The fourth-order valence-electron chi connectivity index (χ4n) is 3.30.